The Morgan fingerprint density at radius 3 is 2.60 bits per heavy atom. The number of para-hydroxylation sites is 1. The Kier molecular flexibility index (Phi) is 5.72. The number of amides is 1. The van der Waals surface area contributed by atoms with Gasteiger partial charge in [0.15, 0.2) is 12.3 Å². The third-order valence-electron chi connectivity index (χ3n) is 4.70. The second-order valence-electron chi connectivity index (χ2n) is 6.95. The summed E-state index contributed by atoms with van der Waals surface area (Å²) in [6.07, 6.45) is 2.13. The molecule has 4 rings (SSSR count). The van der Waals surface area contributed by atoms with Crippen LogP contribution >= 0.6 is 11.6 Å². The number of esters is 1. The van der Waals surface area contributed by atoms with E-state index in [-0.39, 0.29) is 0 Å². The molecule has 1 amide bonds. The van der Waals surface area contributed by atoms with Gasteiger partial charge in [0.05, 0.1) is 23.5 Å². The van der Waals surface area contributed by atoms with Crippen LogP contribution in [0.15, 0.2) is 54.6 Å². The van der Waals surface area contributed by atoms with Crippen LogP contribution in [0.3, 0.4) is 0 Å². The zero-order valence-corrected chi connectivity index (χ0v) is 17.1. The number of hydrogen-bond acceptors (Lipinski definition) is 5. The molecule has 1 aromatic heterocycles. The molecule has 1 aliphatic rings. The molecule has 0 saturated heterocycles. The Labute approximate surface area is 178 Å². The lowest BCUT2D eigenvalue weighted by Gasteiger charge is -2.09. The minimum Gasteiger partial charge on any atom is -0.495 e. The van der Waals surface area contributed by atoms with E-state index in [1.165, 1.54) is 7.11 Å². The number of methoxy groups -OCH3 is 1. The smallest absolute Gasteiger partial charge is 0.357 e. The molecular weight excluding hydrogens is 406 g/mol. The van der Waals surface area contributed by atoms with Crippen molar-refractivity contribution in [1.82, 2.24) is 9.78 Å². The minimum atomic E-state index is -0.610. The van der Waals surface area contributed by atoms with E-state index in [1.807, 2.05) is 30.3 Å². The quantitative estimate of drug-likeness (QED) is 0.573. The maximum Gasteiger partial charge on any atom is 0.357 e. The summed E-state index contributed by atoms with van der Waals surface area (Å²) < 4.78 is 11.9. The van der Waals surface area contributed by atoms with E-state index in [2.05, 4.69) is 10.4 Å². The summed E-state index contributed by atoms with van der Waals surface area (Å²) in [6, 6.07) is 16.0. The van der Waals surface area contributed by atoms with Crippen LogP contribution in [-0.2, 0) is 9.53 Å². The maximum atomic E-state index is 12.7. The summed E-state index contributed by atoms with van der Waals surface area (Å²) in [5.74, 6) is -0.203. The summed E-state index contributed by atoms with van der Waals surface area (Å²) in [5, 5.41) is 7.58. The van der Waals surface area contributed by atoms with Gasteiger partial charge in [0.1, 0.15) is 5.75 Å². The van der Waals surface area contributed by atoms with Gasteiger partial charge in [-0.2, -0.15) is 5.10 Å². The zero-order valence-electron chi connectivity index (χ0n) is 16.3. The van der Waals surface area contributed by atoms with Crippen LogP contribution in [0, 0.1) is 0 Å². The van der Waals surface area contributed by atoms with Gasteiger partial charge in [-0.05, 0) is 49.2 Å². The molecule has 154 valence electrons. The number of carbonyl (C=O) groups excluding carboxylic acids is 2. The van der Waals surface area contributed by atoms with Crippen LogP contribution < -0.4 is 10.1 Å². The third kappa shape index (κ3) is 4.46. The molecule has 1 aliphatic carbocycles. The normalized spacial score (nSPS) is 13.0. The van der Waals surface area contributed by atoms with E-state index in [4.69, 9.17) is 21.1 Å². The van der Waals surface area contributed by atoms with E-state index in [0.717, 1.165) is 24.2 Å². The first-order chi connectivity index (χ1) is 14.5. The van der Waals surface area contributed by atoms with Gasteiger partial charge in [0.25, 0.3) is 5.91 Å². The fraction of sp³-hybridized carbons (Fsp3) is 0.227. The Hall–Kier alpha value is -3.32. The van der Waals surface area contributed by atoms with Crippen LogP contribution in [0.2, 0.25) is 5.02 Å². The van der Waals surface area contributed by atoms with E-state index in [1.54, 1.807) is 28.9 Å². The summed E-state index contributed by atoms with van der Waals surface area (Å²) in [5.41, 5.74) is 2.40. The molecule has 0 bridgehead atoms. The lowest BCUT2D eigenvalue weighted by Crippen LogP contribution is -2.22. The van der Waals surface area contributed by atoms with Gasteiger partial charge in [-0.15, -0.1) is 0 Å². The highest BCUT2D eigenvalue weighted by molar-refractivity contribution is 6.32. The monoisotopic (exact) mass is 425 g/mol. The van der Waals surface area contributed by atoms with Gasteiger partial charge in [-0.3, -0.25) is 4.79 Å². The number of rotatable bonds is 7. The van der Waals surface area contributed by atoms with Crippen molar-refractivity contribution in [2.45, 2.75) is 18.8 Å². The largest absolute Gasteiger partial charge is 0.495 e. The summed E-state index contributed by atoms with van der Waals surface area (Å²) in [6.45, 7) is -0.429. The predicted octanol–water partition coefficient (Wildman–Crippen LogP) is 4.21. The highest BCUT2D eigenvalue weighted by Gasteiger charge is 2.29. The second kappa shape index (κ2) is 8.59. The standard InChI is InChI=1S/C22H20ClN3O4/c1-29-20-10-9-15(11-17(20)23)24-21(27)13-30-22(28)19-12-18(14-7-8-14)25-26(19)16-5-3-2-4-6-16/h2-6,9-12,14H,7-8,13H2,1H3,(H,24,27). The van der Waals surface area contributed by atoms with Gasteiger partial charge in [-0.1, -0.05) is 29.8 Å². The average Bonchev–Trinajstić information content (AvgIpc) is 3.51. The molecule has 1 N–H and O–H groups in total. The average molecular weight is 426 g/mol. The van der Waals surface area contributed by atoms with Crippen LogP contribution in [0.25, 0.3) is 5.69 Å². The lowest BCUT2D eigenvalue weighted by molar-refractivity contribution is -0.119. The number of benzene rings is 2. The van der Waals surface area contributed by atoms with E-state index >= 15 is 0 Å². The molecule has 0 unspecified atom stereocenters. The SMILES string of the molecule is COc1ccc(NC(=O)COC(=O)c2cc(C3CC3)nn2-c2ccccc2)cc1Cl. The number of hydrogen-bond donors (Lipinski definition) is 1. The lowest BCUT2D eigenvalue weighted by atomic mass is 10.2. The molecule has 30 heavy (non-hydrogen) atoms. The van der Waals surface area contributed by atoms with Gasteiger partial charge < -0.3 is 14.8 Å². The minimum absolute atomic E-state index is 0.295. The molecule has 7 nitrogen and oxygen atoms in total. The van der Waals surface area contributed by atoms with Gasteiger partial charge in [0.2, 0.25) is 0 Å². The first-order valence-electron chi connectivity index (χ1n) is 9.51. The van der Waals surface area contributed by atoms with Crippen molar-refractivity contribution in [2.24, 2.45) is 0 Å². The second-order valence-corrected chi connectivity index (χ2v) is 7.36. The molecule has 3 aromatic rings. The summed E-state index contributed by atoms with van der Waals surface area (Å²) >= 11 is 6.06. The number of anilines is 1. The van der Waals surface area contributed by atoms with Crippen LogP contribution in [0.1, 0.15) is 34.9 Å². The molecule has 8 heteroatoms. The molecular formula is C22H20ClN3O4. The molecule has 1 fully saturated rings. The van der Waals surface area contributed by atoms with Crippen molar-refractivity contribution < 1.29 is 19.1 Å². The van der Waals surface area contributed by atoms with E-state index in [0.29, 0.717) is 28.1 Å². The number of ether oxygens (including phenoxy) is 2. The van der Waals surface area contributed by atoms with Crippen molar-refractivity contribution >= 4 is 29.2 Å². The van der Waals surface area contributed by atoms with Gasteiger partial charge >= 0.3 is 5.97 Å². The van der Waals surface area contributed by atoms with E-state index in [9.17, 15) is 9.59 Å². The van der Waals surface area contributed by atoms with Crippen molar-refractivity contribution in [2.75, 3.05) is 19.0 Å². The molecule has 0 spiro atoms. The number of nitrogens with zero attached hydrogens (tertiary/aromatic N) is 2. The molecule has 2 aromatic carbocycles. The molecule has 1 saturated carbocycles. The number of nitrogens with one attached hydrogen (secondary N) is 1. The molecule has 0 radical (unpaired) electrons. The highest BCUT2D eigenvalue weighted by Crippen LogP contribution is 2.39. The Bertz CT molecular complexity index is 1080. The van der Waals surface area contributed by atoms with Crippen molar-refractivity contribution in [3.05, 3.63) is 71.0 Å². The number of aromatic nitrogens is 2. The fourth-order valence-corrected chi connectivity index (χ4v) is 3.29. The summed E-state index contributed by atoms with van der Waals surface area (Å²) in [4.78, 5) is 24.9. The summed E-state index contributed by atoms with van der Waals surface area (Å²) in [7, 11) is 1.51. The molecule has 0 aliphatic heterocycles. The van der Waals surface area contributed by atoms with Crippen LogP contribution in [-0.4, -0.2) is 35.4 Å². The van der Waals surface area contributed by atoms with Crippen molar-refractivity contribution in [1.29, 1.82) is 0 Å². The highest BCUT2D eigenvalue weighted by atomic mass is 35.5. The van der Waals surface area contributed by atoms with Crippen LogP contribution in [0.5, 0.6) is 5.75 Å². The third-order valence-corrected chi connectivity index (χ3v) is 5.00. The Morgan fingerprint density at radius 2 is 1.93 bits per heavy atom. The van der Waals surface area contributed by atoms with Gasteiger partial charge in [0, 0.05) is 11.6 Å². The number of halogens is 1. The fourth-order valence-electron chi connectivity index (χ4n) is 3.04. The van der Waals surface area contributed by atoms with Gasteiger partial charge in [-0.25, -0.2) is 9.48 Å². The first kappa shape index (κ1) is 20.0. The zero-order chi connectivity index (χ0) is 21.1. The first-order valence-corrected chi connectivity index (χ1v) is 9.89. The molecule has 0 atom stereocenters. The predicted molar refractivity (Wildman–Crippen MR) is 112 cm³/mol. The Morgan fingerprint density at radius 1 is 1.17 bits per heavy atom. The van der Waals surface area contributed by atoms with Crippen molar-refractivity contribution in [3.8, 4) is 11.4 Å². The maximum absolute atomic E-state index is 12.7. The van der Waals surface area contributed by atoms with Crippen LogP contribution in [0.4, 0.5) is 5.69 Å². The Balaban J connectivity index is 1.44. The van der Waals surface area contributed by atoms with Crippen molar-refractivity contribution in [3.63, 3.8) is 0 Å². The topological polar surface area (TPSA) is 82.4 Å². The van der Waals surface area contributed by atoms with E-state index < -0.39 is 18.5 Å². The number of carbonyl (C=O) groups is 2. The molecule has 1 heterocycles.